The highest BCUT2D eigenvalue weighted by molar-refractivity contribution is 7.91. The van der Waals surface area contributed by atoms with Crippen molar-refractivity contribution in [3.8, 4) is 5.75 Å². The molecule has 0 aliphatic carbocycles. The van der Waals surface area contributed by atoms with Crippen molar-refractivity contribution >= 4 is 31.5 Å². The van der Waals surface area contributed by atoms with Crippen molar-refractivity contribution in [1.29, 1.82) is 0 Å². The fourth-order valence-electron chi connectivity index (χ4n) is 2.92. The first-order valence-corrected chi connectivity index (χ1v) is 12.6. The molecule has 30 heavy (non-hydrogen) atoms. The number of benzene rings is 2. The number of anilines is 1. The van der Waals surface area contributed by atoms with Gasteiger partial charge in [-0.05, 0) is 23.8 Å². The third-order valence-corrected chi connectivity index (χ3v) is 7.89. The molecule has 1 N–H and O–H groups in total. The van der Waals surface area contributed by atoms with E-state index in [2.05, 4.69) is 5.32 Å². The number of sulfone groups is 1. The number of amides is 1. The highest BCUT2D eigenvalue weighted by Crippen LogP contribution is 2.29. The number of hydrogen-bond acceptors (Lipinski definition) is 6. The number of methoxy groups -OCH3 is 1. The summed E-state index contributed by atoms with van der Waals surface area (Å²) in [6, 6.07) is 12.6. The van der Waals surface area contributed by atoms with E-state index in [0.717, 1.165) is 0 Å². The molecule has 0 saturated carbocycles. The Balaban J connectivity index is 2.23. The zero-order chi connectivity index (χ0) is 22.4. The molecule has 0 bridgehead atoms. The normalized spacial score (nSPS) is 12.0. The maximum atomic E-state index is 12.7. The van der Waals surface area contributed by atoms with Crippen LogP contribution in [-0.2, 0) is 30.4 Å². The highest BCUT2D eigenvalue weighted by Gasteiger charge is 2.24. The van der Waals surface area contributed by atoms with Crippen LogP contribution in [0.1, 0.15) is 19.4 Å². The van der Waals surface area contributed by atoms with Crippen molar-refractivity contribution in [3.05, 3.63) is 54.1 Å². The molecule has 0 aliphatic rings. The van der Waals surface area contributed by atoms with Gasteiger partial charge in [0.25, 0.3) is 0 Å². The molecule has 10 heteroatoms. The summed E-state index contributed by atoms with van der Waals surface area (Å²) in [7, 11) is -6.09. The van der Waals surface area contributed by atoms with E-state index in [-0.39, 0.29) is 22.1 Å². The summed E-state index contributed by atoms with van der Waals surface area (Å²) in [6.07, 6.45) is 0. The van der Waals surface area contributed by atoms with Gasteiger partial charge in [-0.1, -0.05) is 44.2 Å². The third kappa shape index (κ3) is 6.04. The number of rotatable bonds is 10. The molecule has 0 fully saturated rings. The largest absolute Gasteiger partial charge is 0.495 e. The monoisotopic (exact) mass is 454 g/mol. The van der Waals surface area contributed by atoms with Gasteiger partial charge >= 0.3 is 0 Å². The van der Waals surface area contributed by atoms with Gasteiger partial charge in [0, 0.05) is 13.1 Å². The molecule has 0 aliphatic heterocycles. The first-order chi connectivity index (χ1) is 14.1. The van der Waals surface area contributed by atoms with Gasteiger partial charge in [0.15, 0.2) is 9.84 Å². The van der Waals surface area contributed by atoms with Gasteiger partial charge in [0.2, 0.25) is 15.9 Å². The van der Waals surface area contributed by atoms with Crippen molar-refractivity contribution in [3.63, 3.8) is 0 Å². The molecule has 8 nitrogen and oxygen atoms in total. The average molecular weight is 455 g/mol. The van der Waals surface area contributed by atoms with E-state index < -0.39 is 31.5 Å². The summed E-state index contributed by atoms with van der Waals surface area (Å²) >= 11 is 0. The molecule has 164 valence electrons. The van der Waals surface area contributed by atoms with Crippen molar-refractivity contribution in [2.24, 2.45) is 0 Å². The third-order valence-electron chi connectivity index (χ3n) is 4.37. The van der Waals surface area contributed by atoms with Gasteiger partial charge in [-0.2, -0.15) is 4.31 Å². The lowest BCUT2D eigenvalue weighted by molar-refractivity contribution is -0.113. The van der Waals surface area contributed by atoms with Crippen molar-refractivity contribution in [1.82, 2.24) is 4.31 Å². The van der Waals surface area contributed by atoms with E-state index in [9.17, 15) is 21.6 Å². The molecular weight excluding hydrogens is 428 g/mol. The number of nitrogens with one attached hydrogen (secondary N) is 1. The lowest BCUT2D eigenvalue weighted by atomic mass is 10.2. The summed E-state index contributed by atoms with van der Waals surface area (Å²) in [4.78, 5) is 12.4. The Labute approximate surface area is 177 Å². The molecule has 2 rings (SSSR count). The molecular formula is C20H26N2O6S2. The van der Waals surface area contributed by atoms with Crippen molar-refractivity contribution < 1.29 is 26.4 Å². The maximum absolute atomic E-state index is 12.7. The van der Waals surface area contributed by atoms with Gasteiger partial charge in [0.05, 0.1) is 23.4 Å². The number of carbonyl (C=O) groups is 1. The second kappa shape index (κ2) is 10.1. The SMILES string of the molecule is CCN(CC)S(=O)(=O)c1ccc(OC)c(NC(=O)CS(=O)(=O)Cc2ccccc2)c1. The summed E-state index contributed by atoms with van der Waals surface area (Å²) < 4.78 is 56.7. The van der Waals surface area contributed by atoms with Crippen LogP contribution in [0.25, 0.3) is 0 Å². The van der Waals surface area contributed by atoms with E-state index in [1.807, 2.05) is 0 Å². The van der Waals surface area contributed by atoms with Crippen LogP contribution >= 0.6 is 0 Å². The zero-order valence-corrected chi connectivity index (χ0v) is 18.8. The minimum Gasteiger partial charge on any atom is -0.495 e. The molecule has 2 aromatic rings. The van der Waals surface area contributed by atoms with E-state index >= 15 is 0 Å². The van der Waals surface area contributed by atoms with E-state index in [1.165, 1.54) is 29.6 Å². The zero-order valence-electron chi connectivity index (χ0n) is 17.2. The molecule has 0 spiro atoms. The Kier molecular flexibility index (Phi) is 7.99. The molecule has 1 amide bonds. The summed E-state index contributed by atoms with van der Waals surface area (Å²) in [5.74, 6) is -1.56. The second-order valence-corrected chi connectivity index (χ2v) is 10.5. The van der Waals surface area contributed by atoms with Crippen LogP contribution < -0.4 is 10.1 Å². The Hall–Kier alpha value is -2.43. The lowest BCUT2D eigenvalue weighted by Crippen LogP contribution is -2.30. The van der Waals surface area contributed by atoms with Crippen LogP contribution in [0.3, 0.4) is 0 Å². The predicted octanol–water partition coefficient (Wildman–Crippen LogP) is 2.28. The average Bonchev–Trinajstić information content (AvgIpc) is 2.68. The lowest BCUT2D eigenvalue weighted by Gasteiger charge is -2.19. The van der Waals surface area contributed by atoms with Crippen LogP contribution in [0.2, 0.25) is 0 Å². The molecule has 0 atom stereocenters. The minimum absolute atomic E-state index is 0.0190. The fraction of sp³-hybridized carbons (Fsp3) is 0.350. The van der Waals surface area contributed by atoms with Crippen LogP contribution in [0.5, 0.6) is 5.75 Å². The first-order valence-electron chi connectivity index (χ1n) is 9.35. The van der Waals surface area contributed by atoms with E-state index in [0.29, 0.717) is 18.7 Å². The summed E-state index contributed by atoms with van der Waals surface area (Å²) in [5, 5.41) is 2.46. The molecule has 0 radical (unpaired) electrons. The second-order valence-electron chi connectivity index (χ2n) is 6.52. The Bertz CT molecular complexity index is 1080. The number of nitrogens with zero attached hydrogens (tertiary/aromatic N) is 1. The van der Waals surface area contributed by atoms with E-state index in [4.69, 9.17) is 4.74 Å². The van der Waals surface area contributed by atoms with Gasteiger partial charge in [-0.25, -0.2) is 16.8 Å². The number of sulfonamides is 1. The quantitative estimate of drug-likeness (QED) is 0.590. The molecule has 0 unspecified atom stereocenters. The molecule has 2 aromatic carbocycles. The van der Waals surface area contributed by atoms with Crippen LogP contribution in [0, 0.1) is 0 Å². The van der Waals surface area contributed by atoms with Gasteiger partial charge in [-0.15, -0.1) is 0 Å². The Morgan fingerprint density at radius 3 is 2.20 bits per heavy atom. The Morgan fingerprint density at radius 2 is 1.63 bits per heavy atom. The highest BCUT2D eigenvalue weighted by atomic mass is 32.2. The number of ether oxygens (including phenoxy) is 1. The predicted molar refractivity (Wildman–Crippen MR) is 116 cm³/mol. The Morgan fingerprint density at radius 1 is 1.00 bits per heavy atom. The fourth-order valence-corrected chi connectivity index (χ4v) is 5.68. The van der Waals surface area contributed by atoms with Crippen LogP contribution in [0.4, 0.5) is 5.69 Å². The molecule has 0 aromatic heterocycles. The van der Waals surface area contributed by atoms with Gasteiger partial charge in [-0.3, -0.25) is 4.79 Å². The first kappa shape index (κ1) is 23.8. The van der Waals surface area contributed by atoms with Crippen molar-refractivity contribution in [2.75, 3.05) is 31.3 Å². The van der Waals surface area contributed by atoms with Gasteiger partial charge < -0.3 is 10.1 Å². The smallest absolute Gasteiger partial charge is 0.243 e. The van der Waals surface area contributed by atoms with E-state index in [1.54, 1.807) is 44.2 Å². The number of carbonyl (C=O) groups excluding carboxylic acids is 1. The maximum Gasteiger partial charge on any atom is 0.243 e. The van der Waals surface area contributed by atoms with Crippen LogP contribution in [0.15, 0.2) is 53.4 Å². The molecule has 0 heterocycles. The summed E-state index contributed by atoms with van der Waals surface area (Å²) in [6.45, 7) is 4.05. The summed E-state index contributed by atoms with van der Waals surface area (Å²) in [5.41, 5.74) is 0.667. The van der Waals surface area contributed by atoms with Crippen LogP contribution in [-0.4, -0.2) is 53.0 Å². The van der Waals surface area contributed by atoms with Crippen molar-refractivity contribution in [2.45, 2.75) is 24.5 Å². The minimum atomic E-state index is -3.75. The topological polar surface area (TPSA) is 110 Å². The van der Waals surface area contributed by atoms with Gasteiger partial charge in [0.1, 0.15) is 11.5 Å². The molecule has 0 saturated heterocycles. The number of hydrogen-bond donors (Lipinski definition) is 1. The standard InChI is InChI=1S/C20H26N2O6S2/c1-4-22(5-2)30(26,27)17-11-12-19(28-3)18(13-17)21-20(23)15-29(24,25)14-16-9-7-6-8-10-16/h6-13H,4-5,14-15H2,1-3H3,(H,21,23).